The van der Waals surface area contributed by atoms with E-state index < -0.39 is 0 Å². The third-order valence-electron chi connectivity index (χ3n) is 0.316. The Kier molecular flexibility index (Phi) is 16.2. The Morgan fingerprint density at radius 3 is 1.80 bits per heavy atom. The molecule has 0 rings (SSSR count). The molecule has 0 aliphatic rings. The molecule has 26 valence electrons. The van der Waals surface area contributed by atoms with Crippen LogP contribution < -0.4 is 0 Å². The summed E-state index contributed by atoms with van der Waals surface area (Å²) < 4.78 is 0. The zero-order chi connectivity index (χ0) is 3.41. The van der Waals surface area contributed by atoms with Gasteiger partial charge in [-0.1, -0.05) is 6.92 Å². The van der Waals surface area contributed by atoms with Gasteiger partial charge in [0.25, 0.3) is 0 Å². The second kappa shape index (κ2) is 8.82. The van der Waals surface area contributed by atoms with Crippen LogP contribution in [0, 0.1) is 0 Å². The molecule has 2 heteroatoms. The predicted octanol–water partition coefficient (Wildman–Crippen LogP) is 1.01. The van der Waals surface area contributed by atoms with Crippen molar-refractivity contribution in [2.24, 2.45) is 0 Å². The average molecular weight is 106 g/mol. The molecule has 0 aliphatic heterocycles. The van der Waals surface area contributed by atoms with Crippen molar-refractivity contribution in [2.75, 3.05) is 13.6 Å². The molecule has 0 heterocycles. The summed E-state index contributed by atoms with van der Waals surface area (Å²) in [6.07, 6.45) is 0. The molecule has 0 N–H and O–H groups in total. The van der Waals surface area contributed by atoms with Crippen LogP contribution in [0.4, 0.5) is 0 Å². The van der Waals surface area contributed by atoms with E-state index in [1.807, 2.05) is 6.92 Å². The molecule has 0 aromatic carbocycles. The van der Waals surface area contributed by atoms with Gasteiger partial charge in [-0.25, -0.2) is 0 Å². The Bertz CT molecular complexity index is 8.85. The minimum absolute atomic E-state index is 0. The number of hydrogen-bond donors (Lipinski definition) is 0. The van der Waals surface area contributed by atoms with Gasteiger partial charge in [-0.2, -0.15) is 13.6 Å². The van der Waals surface area contributed by atoms with Crippen molar-refractivity contribution < 1.29 is 21.7 Å². The van der Waals surface area contributed by atoms with Crippen LogP contribution in [0.3, 0.4) is 0 Å². The average Bonchev–Trinajstić information content (AvgIpc) is 1.37. The molecule has 0 fully saturated rings. The molecule has 0 radical (unpaired) electrons. The maximum Gasteiger partial charge on any atom is 4.00 e. The van der Waals surface area contributed by atoms with Crippen LogP contribution in [0.25, 0.3) is 5.32 Å². The van der Waals surface area contributed by atoms with Crippen molar-refractivity contribution in [1.82, 2.24) is 0 Å². The zero-order valence-corrected chi connectivity index (χ0v) is 5.22. The Morgan fingerprint density at radius 2 is 1.80 bits per heavy atom. The van der Waals surface area contributed by atoms with Crippen LogP contribution in [-0.2, 0) is 21.7 Å². The van der Waals surface area contributed by atoms with Gasteiger partial charge in [0, 0.05) is 0 Å². The number of nitrogens with zero attached hydrogens (tertiary/aromatic N) is 1. The minimum Gasteiger partial charge on any atom is -0.665 e. The molecule has 0 aromatic heterocycles. The first kappa shape index (κ1) is 9.18. The van der Waals surface area contributed by atoms with Crippen molar-refractivity contribution in [2.45, 2.75) is 6.92 Å². The van der Waals surface area contributed by atoms with Crippen molar-refractivity contribution in [3.8, 4) is 0 Å². The standard InChI is InChI=1S/C3H8N.Ti/c1-3-4-2;/h3H2,1-2H3;/q-1;+4. The summed E-state index contributed by atoms with van der Waals surface area (Å²) in [6.45, 7) is 2.96. The van der Waals surface area contributed by atoms with Gasteiger partial charge in [0.2, 0.25) is 0 Å². The molecule has 0 spiro atoms. The van der Waals surface area contributed by atoms with Crippen LogP contribution in [0.1, 0.15) is 6.92 Å². The summed E-state index contributed by atoms with van der Waals surface area (Å²) in [5.41, 5.74) is 0. The van der Waals surface area contributed by atoms with Crippen molar-refractivity contribution in [3.05, 3.63) is 5.32 Å². The molecule has 0 saturated heterocycles. The van der Waals surface area contributed by atoms with Gasteiger partial charge in [-0.3, -0.25) is 0 Å². The number of hydrogen-bond acceptors (Lipinski definition) is 0. The van der Waals surface area contributed by atoms with E-state index in [2.05, 4.69) is 5.32 Å². The molecular weight excluding hydrogens is 97.9 g/mol. The first-order valence-electron chi connectivity index (χ1n) is 1.47. The molecule has 0 aromatic rings. The van der Waals surface area contributed by atoms with E-state index in [9.17, 15) is 0 Å². The van der Waals surface area contributed by atoms with Crippen LogP contribution >= 0.6 is 0 Å². The van der Waals surface area contributed by atoms with E-state index in [1.54, 1.807) is 7.05 Å². The van der Waals surface area contributed by atoms with E-state index >= 15 is 0 Å². The quantitative estimate of drug-likeness (QED) is 0.443. The maximum absolute atomic E-state index is 3.74. The van der Waals surface area contributed by atoms with Gasteiger partial charge < -0.3 is 5.32 Å². The summed E-state index contributed by atoms with van der Waals surface area (Å²) in [5, 5.41) is 3.74. The van der Waals surface area contributed by atoms with Gasteiger partial charge >= 0.3 is 21.7 Å². The normalized spacial score (nSPS) is 6.00. The van der Waals surface area contributed by atoms with Crippen molar-refractivity contribution in [1.29, 1.82) is 0 Å². The molecule has 0 amide bonds. The molecule has 1 nitrogen and oxygen atoms in total. The summed E-state index contributed by atoms with van der Waals surface area (Å²) in [4.78, 5) is 0. The fourth-order valence-corrected chi connectivity index (χ4v) is 0. The van der Waals surface area contributed by atoms with Crippen molar-refractivity contribution in [3.63, 3.8) is 0 Å². The van der Waals surface area contributed by atoms with E-state index in [1.165, 1.54) is 0 Å². The van der Waals surface area contributed by atoms with E-state index in [0.717, 1.165) is 6.54 Å². The van der Waals surface area contributed by atoms with Gasteiger partial charge in [-0.15, -0.1) is 0 Å². The van der Waals surface area contributed by atoms with Crippen molar-refractivity contribution >= 4 is 0 Å². The summed E-state index contributed by atoms with van der Waals surface area (Å²) in [5.74, 6) is 0. The topological polar surface area (TPSA) is 14.1 Å². The monoisotopic (exact) mass is 106 g/mol. The van der Waals surface area contributed by atoms with E-state index in [-0.39, 0.29) is 21.7 Å². The minimum atomic E-state index is 0. The zero-order valence-electron chi connectivity index (χ0n) is 3.65. The van der Waals surface area contributed by atoms with Gasteiger partial charge in [0.15, 0.2) is 0 Å². The second-order valence-corrected chi connectivity index (χ2v) is 0.632. The SMILES string of the molecule is CC[N-]C.[Ti+4]. The third kappa shape index (κ3) is 11.9. The Labute approximate surface area is 48.0 Å². The molecule has 0 aliphatic carbocycles. The van der Waals surface area contributed by atoms with E-state index in [0.29, 0.717) is 0 Å². The first-order chi connectivity index (χ1) is 1.91. The van der Waals surface area contributed by atoms with Crippen LogP contribution in [0.5, 0.6) is 0 Å². The van der Waals surface area contributed by atoms with Crippen LogP contribution in [0.2, 0.25) is 0 Å². The maximum atomic E-state index is 3.74. The predicted molar refractivity (Wildman–Crippen MR) is 19.8 cm³/mol. The Hall–Kier alpha value is 0.674. The molecule has 0 saturated carbocycles. The van der Waals surface area contributed by atoms with Gasteiger partial charge in [0.05, 0.1) is 0 Å². The summed E-state index contributed by atoms with van der Waals surface area (Å²) >= 11 is 0. The Morgan fingerprint density at radius 1 is 1.60 bits per heavy atom. The van der Waals surface area contributed by atoms with Gasteiger partial charge in [-0.05, 0) is 0 Å². The third-order valence-corrected chi connectivity index (χ3v) is 0.316. The summed E-state index contributed by atoms with van der Waals surface area (Å²) in [7, 11) is 1.81. The second-order valence-electron chi connectivity index (χ2n) is 0.632. The number of rotatable bonds is 1. The fourth-order valence-electron chi connectivity index (χ4n) is 0. The van der Waals surface area contributed by atoms with Gasteiger partial charge in [0.1, 0.15) is 0 Å². The molecule has 0 atom stereocenters. The van der Waals surface area contributed by atoms with E-state index in [4.69, 9.17) is 0 Å². The summed E-state index contributed by atoms with van der Waals surface area (Å²) in [6, 6.07) is 0. The molecular formula is C3H8NTi+3. The molecule has 0 unspecified atom stereocenters. The smallest absolute Gasteiger partial charge is 0.665 e. The molecule has 5 heavy (non-hydrogen) atoms. The Balaban J connectivity index is 0. The largest absolute Gasteiger partial charge is 4.00 e. The fraction of sp³-hybridized carbons (Fsp3) is 1.00. The first-order valence-corrected chi connectivity index (χ1v) is 1.47. The van der Waals surface area contributed by atoms with Crippen LogP contribution in [-0.4, -0.2) is 13.6 Å². The molecule has 0 bridgehead atoms. The van der Waals surface area contributed by atoms with Crippen LogP contribution in [0.15, 0.2) is 0 Å².